The third-order valence-electron chi connectivity index (χ3n) is 2.39. The minimum Gasteiger partial charge on any atom is -0.457 e. The average Bonchev–Trinajstić information content (AvgIpc) is 2.43. The van der Waals surface area contributed by atoms with Crippen molar-refractivity contribution in [3.63, 3.8) is 0 Å². The predicted octanol–water partition coefficient (Wildman–Crippen LogP) is 3.48. The number of benzene rings is 2. The molecule has 4 nitrogen and oxygen atoms in total. The van der Waals surface area contributed by atoms with Gasteiger partial charge in [-0.05, 0) is 46.3 Å². The first kappa shape index (κ1) is 13.4. The summed E-state index contributed by atoms with van der Waals surface area (Å²) in [5, 5.41) is 11.6. The van der Waals surface area contributed by atoms with Crippen LogP contribution in [0, 0.1) is 5.82 Å². The standard InChI is InChI=1S/C13H10BrFN2O2/c14-10-7-8(5-6-11(10)15)19-12-4-2-1-3-9(12)13(16)17-18/h1-7,18H,(H2,16,17). The maximum absolute atomic E-state index is 13.1. The normalized spacial score (nSPS) is 11.4. The molecule has 0 aromatic heterocycles. The summed E-state index contributed by atoms with van der Waals surface area (Å²) in [4.78, 5) is 0. The summed E-state index contributed by atoms with van der Waals surface area (Å²) in [5.74, 6) is 0.414. The maximum Gasteiger partial charge on any atom is 0.173 e. The van der Waals surface area contributed by atoms with Crippen LogP contribution in [0.2, 0.25) is 0 Å². The van der Waals surface area contributed by atoms with Gasteiger partial charge in [0.1, 0.15) is 17.3 Å². The molecule has 0 fully saturated rings. The van der Waals surface area contributed by atoms with Gasteiger partial charge in [-0.25, -0.2) is 4.39 Å². The lowest BCUT2D eigenvalue weighted by Gasteiger charge is -2.10. The van der Waals surface area contributed by atoms with E-state index in [1.165, 1.54) is 18.2 Å². The Morgan fingerprint density at radius 2 is 2.00 bits per heavy atom. The van der Waals surface area contributed by atoms with E-state index in [1.807, 2.05) is 0 Å². The Labute approximate surface area is 117 Å². The minimum atomic E-state index is -0.378. The third-order valence-corrected chi connectivity index (χ3v) is 3.00. The molecule has 0 bridgehead atoms. The van der Waals surface area contributed by atoms with Crippen LogP contribution < -0.4 is 10.5 Å². The number of nitrogens with two attached hydrogens (primary N) is 1. The minimum absolute atomic E-state index is 0.0585. The van der Waals surface area contributed by atoms with E-state index in [-0.39, 0.29) is 11.7 Å². The van der Waals surface area contributed by atoms with Crippen LogP contribution in [0.15, 0.2) is 52.1 Å². The fourth-order valence-corrected chi connectivity index (χ4v) is 1.85. The van der Waals surface area contributed by atoms with Crippen LogP contribution in [0.4, 0.5) is 4.39 Å². The van der Waals surface area contributed by atoms with Crippen molar-refractivity contribution in [2.24, 2.45) is 10.9 Å². The van der Waals surface area contributed by atoms with Gasteiger partial charge in [-0.3, -0.25) is 0 Å². The second kappa shape index (κ2) is 5.71. The molecule has 98 valence electrons. The Morgan fingerprint density at radius 3 is 2.68 bits per heavy atom. The molecule has 19 heavy (non-hydrogen) atoms. The highest BCUT2D eigenvalue weighted by Crippen LogP contribution is 2.28. The molecule has 3 N–H and O–H groups in total. The second-order valence-corrected chi connectivity index (χ2v) is 4.51. The number of hydrogen-bond acceptors (Lipinski definition) is 3. The zero-order valence-corrected chi connectivity index (χ0v) is 11.3. The molecule has 2 aromatic rings. The zero-order chi connectivity index (χ0) is 13.8. The van der Waals surface area contributed by atoms with Gasteiger partial charge < -0.3 is 15.7 Å². The molecule has 0 atom stereocenters. The van der Waals surface area contributed by atoms with Crippen molar-refractivity contribution < 1.29 is 14.3 Å². The largest absolute Gasteiger partial charge is 0.457 e. The van der Waals surface area contributed by atoms with Crippen molar-refractivity contribution >= 4 is 21.8 Å². The number of hydrogen-bond donors (Lipinski definition) is 2. The van der Waals surface area contributed by atoms with Gasteiger partial charge in [0, 0.05) is 0 Å². The van der Waals surface area contributed by atoms with Crippen LogP contribution in [0.5, 0.6) is 11.5 Å². The first-order chi connectivity index (χ1) is 9.11. The van der Waals surface area contributed by atoms with Crippen molar-refractivity contribution in [1.82, 2.24) is 0 Å². The third kappa shape index (κ3) is 3.03. The molecular formula is C13H10BrFN2O2. The van der Waals surface area contributed by atoms with Crippen molar-refractivity contribution in [3.05, 3.63) is 58.3 Å². The highest BCUT2D eigenvalue weighted by Gasteiger charge is 2.09. The Hall–Kier alpha value is -2.08. The Morgan fingerprint density at radius 1 is 1.26 bits per heavy atom. The van der Waals surface area contributed by atoms with E-state index < -0.39 is 0 Å². The molecule has 0 aliphatic heterocycles. The lowest BCUT2D eigenvalue weighted by atomic mass is 10.2. The molecule has 0 aliphatic carbocycles. The lowest BCUT2D eigenvalue weighted by molar-refractivity contribution is 0.318. The van der Waals surface area contributed by atoms with E-state index in [1.54, 1.807) is 24.3 Å². The average molecular weight is 325 g/mol. The highest BCUT2D eigenvalue weighted by atomic mass is 79.9. The molecule has 0 saturated heterocycles. The number of amidine groups is 1. The Bertz CT molecular complexity index is 632. The summed E-state index contributed by atoms with van der Waals surface area (Å²) in [6, 6.07) is 11.1. The summed E-state index contributed by atoms with van der Waals surface area (Å²) in [6.07, 6.45) is 0. The van der Waals surface area contributed by atoms with Crippen LogP contribution in [0.25, 0.3) is 0 Å². The van der Waals surface area contributed by atoms with Gasteiger partial charge in [-0.15, -0.1) is 0 Å². The van der Waals surface area contributed by atoms with E-state index in [9.17, 15) is 4.39 Å². The molecule has 0 spiro atoms. The summed E-state index contributed by atoms with van der Waals surface area (Å²) in [6.45, 7) is 0. The maximum atomic E-state index is 13.1. The van der Waals surface area contributed by atoms with Gasteiger partial charge in [0.25, 0.3) is 0 Å². The first-order valence-corrected chi connectivity index (χ1v) is 6.11. The SMILES string of the molecule is N/C(=N/O)c1ccccc1Oc1ccc(F)c(Br)c1. The van der Waals surface area contributed by atoms with Crippen LogP contribution in [0.1, 0.15) is 5.56 Å². The molecule has 0 amide bonds. The predicted molar refractivity (Wildman–Crippen MR) is 73.1 cm³/mol. The Balaban J connectivity index is 2.35. The van der Waals surface area contributed by atoms with Crippen molar-refractivity contribution in [3.8, 4) is 11.5 Å². The van der Waals surface area contributed by atoms with E-state index in [0.717, 1.165) is 0 Å². The van der Waals surface area contributed by atoms with E-state index >= 15 is 0 Å². The summed E-state index contributed by atoms with van der Waals surface area (Å²) < 4.78 is 19.0. The molecule has 0 radical (unpaired) electrons. The second-order valence-electron chi connectivity index (χ2n) is 3.66. The molecule has 2 aromatic carbocycles. The molecule has 2 rings (SSSR count). The topological polar surface area (TPSA) is 67.8 Å². The van der Waals surface area contributed by atoms with Crippen molar-refractivity contribution in [1.29, 1.82) is 0 Å². The van der Waals surface area contributed by atoms with Gasteiger partial charge in [-0.2, -0.15) is 0 Å². The Kier molecular flexibility index (Phi) is 4.01. The number of nitrogens with zero attached hydrogens (tertiary/aromatic N) is 1. The number of ether oxygens (including phenoxy) is 1. The van der Waals surface area contributed by atoms with Crippen LogP contribution in [-0.4, -0.2) is 11.0 Å². The number of rotatable bonds is 3. The van der Waals surface area contributed by atoms with Gasteiger partial charge in [0.15, 0.2) is 5.84 Å². The highest BCUT2D eigenvalue weighted by molar-refractivity contribution is 9.10. The lowest BCUT2D eigenvalue weighted by Crippen LogP contribution is -2.14. The molecule has 0 heterocycles. The molecule has 0 unspecified atom stereocenters. The van der Waals surface area contributed by atoms with Crippen LogP contribution in [-0.2, 0) is 0 Å². The quantitative estimate of drug-likeness (QED) is 0.393. The summed E-state index contributed by atoms with van der Waals surface area (Å²) >= 11 is 3.08. The van der Waals surface area contributed by atoms with Crippen molar-refractivity contribution in [2.75, 3.05) is 0 Å². The van der Waals surface area contributed by atoms with Gasteiger partial charge in [-0.1, -0.05) is 17.3 Å². The smallest absolute Gasteiger partial charge is 0.173 e. The molecule has 0 aliphatic rings. The molecule has 0 saturated carbocycles. The monoisotopic (exact) mass is 324 g/mol. The summed E-state index contributed by atoms with van der Waals surface area (Å²) in [7, 11) is 0. The van der Waals surface area contributed by atoms with Crippen molar-refractivity contribution in [2.45, 2.75) is 0 Å². The number of para-hydroxylation sites is 1. The van der Waals surface area contributed by atoms with Crippen LogP contribution in [0.3, 0.4) is 0 Å². The first-order valence-electron chi connectivity index (χ1n) is 5.31. The fraction of sp³-hybridized carbons (Fsp3) is 0. The molecule has 6 heteroatoms. The fourth-order valence-electron chi connectivity index (χ4n) is 1.49. The van der Waals surface area contributed by atoms with Gasteiger partial charge in [0.2, 0.25) is 0 Å². The van der Waals surface area contributed by atoms with Crippen LogP contribution >= 0.6 is 15.9 Å². The zero-order valence-electron chi connectivity index (χ0n) is 9.68. The number of oxime groups is 1. The summed E-state index contributed by atoms with van der Waals surface area (Å²) in [5.41, 5.74) is 6.00. The number of halogens is 2. The van der Waals surface area contributed by atoms with Gasteiger partial charge >= 0.3 is 0 Å². The molecular weight excluding hydrogens is 315 g/mol. The van der Waals surface area contributed by atoms with E-state index in [4.69, 9.17) is 15.7 Å². The van der Waals surface area contributed by atoms with E-state index in [2.05, 4.69) is 21.1 Å². The van der Waals surface area contributed by atoms with Gasteiger partial charge in [0.05, 0.1) is 10.0 Å². The van der Waals surface area contributed by atoms with E-state index in [0.29, 0.717) is 21.5 Å².